The van der Waals surface area contributed by atoms with Crippen LogP contribution in [-0.4, -0.2) is 5.11 Å². The van der Waals surface area contributed by atoms with E-state index in [0.717, 1.165) is 0 Å². The van der Waals surface area contributed by atoms with Crippen molar-refractivity contribution in [2.24, 2.45) is 0 Å². The molecule has 0 saturated carbocycles. The van der Waals surface area contributed by atoms with Crippen LogP contribution in [0.1, 0.15) is 11.9 Å². The Balaban J connectivity index is 2.84. The van der Waals surface area contributed by atoms with E-state index in [1.807, 2.05) is 0 Å². The van der Waals surface area contributed by atoms with Crippen LogP contribution in [0.15, 0.2) is 33.9 Å². The van der Waals surface area contributed by atoms with Gasteiger partial charge in [-0.1, -0.05) is 6.08 Å². The first-order valence-electron chi connectivity index (χ1n) is 2.80. The molecule has 1 heterocycles. The van der Waals surface area contributed by atoms with Crippen molar-refractivity contribution in [3.63, 3.8) is 0 Å². The summed E-state index contributed by atoms with van der Waals surface area (Å²) in [5.41, 5.74) is 0. The van der Waals surface area contributed by atoms with Crippen molar-refractivity contribution in [1.29, 1.82) is 0 Å². The first-order valence-corrected chi connectivity index (χ1v) is 3.59. The monoisotopic (exact) mass is 202 g/mol. The van der Waals surface area contributed by atoms with Gasteiger partial charge in [0.1, 0.15) is 11.9 Å². The maximum Gasteiger partial charge on any atom is 0.169 e. The van der Waals surface area contributed by atoms with Gasteiger partial charge in [-0.05, 0) is 28.1 Å². The second-order valence-corrected chi connectivity index (χ2v) is 2.60. The average molecular weight is 203 g/mol. The van der Waals surface area contributed by atoms with Crippen LogP contribution >= 0.6 is 15.9 Å². The Morgan fingerprint density at radius 1 is 1.70 bits per heavy atom. The summed E-state index contributed by atoms with van der Waals surface area (Å²) in [5.74, 6) is 0.502. The molecule has 1 rings (SSSR count). The zero-order chi connectivity index (χ0) is 7.56. The molecule has 54 valence electrons. The predicted molar refractivity (Wildman–Crippen MR) is 41.6 cm³/mol. The molecule has 0 aromatic carbocycles. The summed E-state index contributed by atoms with van der Waals surface area (Å²) in [6.07, 6.45) is 0.706. The summed E-state index contributed by atoms with van der Waals surface area (Å²) in [6.45, 7) is 3.42. The summed E-state index contributed by atoms with van der Waals surface area (Å²) in [6, 6.07) is 3.42. The fourth-order valence-electron chi connectivity index (χ4n) is 0.603. The molecular weight excluding hydrogens is 196 g/mol. The van der Waals surface area contributed by atoms with Gasteiger partial charge in [0.05, 0.1) is 0 Å². The summed E-state index contributed by atoms with van der Waals surface area (Å²) in [5, 5.41) is 9.11. The predicted octanol–water partition coefficient (Wildman–Crippen LogP) is 2.26. The molecule has 1 aromatic heterocycles. The molecule has 1 atom stereocenters. The van der Waals surface area contributed by atoms with Crippen molar-refractivity contribution in [2.75, 3.05) is 0 Å². The molecule has 3 heteroatoms. The first kappa shape index (κ1) is 7.57. The molecule has 0 bridgehead atoms. The standard InChI is InChI=1S/C7H7BrO2/c1-2-5(9)6-3-4-7(8)10-6/h2-5,9H,1H2. The largest absolute Gasteiger partial charge is 0.451 e. The first-order chi connectivity index (χ1) is 4.74. The number of aliphatic hydroxyl groups excluding tert-OH is 1. The van der Waals surface area contributed by atoms with Crippen molar-refractivity contribution in [3.05, 3.63) is 35.2 Å². The number of hydrogen-bond acceptors (Lipinski definition) is 2. The highest BCUT2D eigenvalue weighted by Crippen LogP contribution is 2.20. The maximum atomic E-state index is 9.11. The Kier molecular flexibility index (Phi) is 2.29. The van der Waals surface area contributed by atoms with Gasteiger partial charge in [-0.25, -0.2) is 0 Å². The summed E-state index contributed by atoms with van der Waals surface area (Å²) >= 11 is 3.12. The van der Waals surface area contributed by atoms with Crippen LogP contribution in [0.5, 0.6) is 0 Å². The molecule has 0 radical (unpaired) electrons. The Bertz CT molecular complexity index is 229. The lowest BCUT2D eigenvalue weighted by Gasteiger charge is -1.97. The minimum atomic E-state index is -0.703. The zero-order valence-corrected chi connectivity index (χ0v) is 6.84. The number of halogens is 1. The van der Waals surface area contributed by atoms with Crippen molar-refractivity contribution in [2.45, 2.75) is 6.10 Å². The number of rotatable bonds is 2. The zero-order valence-electron chi connectivity index (χ0n) is 5.25. The van der Waals surface area contributed by atoms with E-state index >= 15 is 0 Å². The van der Waals surface area contributed by atoms with E-state index in [4.69, 9.17) is 9.52 Å². The van der Waals surface area contributed by atoms with Crippen LogP contribution in [0, 0.1) is 0 Å². The van der Waals surface area contributed by atoms with Crippen molar-refractivity contribution < 1.29 is 9.52 Å². The van der Waals surface area contributed by atoms with Crippen molar-refractivity contribution in [1.82, 2.24) is 0 Å². The number of hydrogen-bond donors (Lipinski definition) is 1. The molecule has 0 spiro atoms. The molecule has 0 aliphatic carbocycles. The van der Waals surface area contributed by atoms with E-state index in [1.54, 1.807) is 12.1 Å². The molecule has 0 fully saturated rings. The smallest absolute Gasteiger partial charge is 0.169 e. The van der Waals surface area contributed by atoms with E-state index in [9.17, 15) is 0 Å². The summed E-state index contributed by atoms with van der Waals surface area (Å²) < 4.78 is 5.65. The van der Waals surface area contributed by atoms with Crippen LogP contribution in [0.4, 0.5) is 0 Å². The molecule has 0 amide bonds. The van der Waals surface area contributed by atoms with E-state index in [0.29, 0.717) is 10.4 Å². The van der Waals surface area contributed by atoms with Crippen LogP contribution in [-0.2, 0) is 0 Å². The summed E-state index contributed by atoms with van der Waals surface area (Å²) in [7, 11) is 0. The number of furan rings is 1. The number of aliphatic hydroxyl groups is 1. The van der Waals surface area contributed by atoms with Gasteiger partial charge < -0.3 is 9.52 Å². The average Bonchev–Trinajstić information content (AvgIpc) is 2.34. The van der Waals surface area contributed by atoms with Crippen LogP contribution in [0.25, 0.3) is 0 Å². The lowest BCUT2D eigenvalue weighted by atomic mass is 10.3. The van der Waals surface area contributed by atoms with Crippen LogP contribution < -0.4 is 0 Å². The van der Waals surface area contributed by atoms with Gasteiger partial charge in [-0.2, -0.15) is 0 Å². The molecule has 1 aromatic rings. The fraction of sp³-hybridized carbons (Fsp3) is 0.143. The topological polar surface area (TPSA) is 33.4 Å². The van der Waals surface area contributed by atoms with Gasteiger partial charge in [-0.15, -0.1) is 6.58 Å². The van der Waals surface area contributed by atoms with Crippen LogP contribution in [0.2, 0.25) is 0 Å². The minimum absolute atomic E-state index is 0.502. The van der Waals surface area contributed by atoms with Crippen LogP contribution in [0.3, 0.4) is 0 Å². The Hall–Kier alpha value is -0.540. The van der Waals surface area contributed by atoms with Gasteiger partial charge >= 0.3 is 0 Å². The molecule has 0 saturated heterocycles. The van der Waals surface area contributed by atoms with E-state index < -0.39 is 6.10 Å². The summed E-state index contributed by atoms with van der Waals surface area (Å²) in [4.78, 5) is 0. The fourth-order valence-corrected chi connectivity index (χ4v) is 0.922. The van der Waals surface area contributed by atoms with Gasteiger partial charge in [0, 0.05) is 0 Å². The third-order valence-corrected chi connectivity index (χ3v) is 1.53. The van der Waals surface area contributed by atoms with E-state index in [-0.39, 0.29) is 0 Å². The normalized spacial score (nSPS) is 13.0. The SMILES string of the molecule is C=CC(O)c1ccc(Br)o1. The van der Waals surface area contributed by atoms with Gasteiger partial charge in [0.2, 0.25) is 0 Å². The molecule has 1 unspecified atom stereocenters. The third kappa shape index (κ3) is 1.49. The lowest BCUT2D eigenvalue weighted by molar-refractivity contribution is 0.195. The van der Waals surface area contributed by atoms with Crippen molar-refractivity contribution in [3.8, 4) is 0 Å². The third-order valence-electron chi connectivity index (χ3n) is 1.11. The second kappa shape index (κ2) is 3.03. The Morgan fingerprint density at radius 2 is 2.40 bits per heavy atom. The molecule has 2 nitrogen and oxygen atoms in total. The highest BCUT2D eigenvalue weighted by Gasteiger charge is 2.05. The Morgan fingerprint density at radius 3 is 2.80 bits per heavy atom. The molecular formula is C7H7BrO2. The molecule has 0 aliphatic heterocycles. The highest BCUT2D eigenvalue weighted by atomic mass is 79.9. The maximum absolute atomic E-state index is 9.11. The van der Waals surface area contributed by atoms with E-state index in [2.05, 4.69) is 22.5 Å². The van der Waals surface area contributed by atoms with Gasteiger partial charge in [0.25, 0.3) is 0 Å². The van der Waals surface area contributed by atoms with Gasteiger partial charge in [-0.3, -0.25) is 0 Å². The Labute approximate surface area is 67.3 Å². The minimum Gasteiger partial charge on any atom is -0.451 e. The molecule has 10 heavy (non-hydrogen) atoms. The molecule has 0 aliphatic rings. The van der Waals surface area contributed by atoms with Gasteiger partial charge in [0.15, 0.2) is 4.67 Å². The quantitative estimate of drug-likeness (QED) is 0.747. The molecule has 1 N–H and O–H groups in total. The van der Waals surface area contributed by atoms with E-state index in [1.165, 1.54) is 6.08 Å². The van der Waals surface area contributed by atoms with Crippen molar-refractivity contribution >= 4 is 15.9 Å². The highest BCUT2D eigenvalue weighted by molar-refractivity contribution is 9.10. The second-order valence-electron chi connectivity index (χ2n) is 1.82. The lowest BCUT2D eigenvalue weighted by Crippen LogP contribution is -1.87.